The standard InChI is InChI=1S/C12H14O2S/c1-8-2-5-10(6-11(8)12(13)14)15-7-9-3-4-9/h2,5-6,9H,3-4,7H2,1H3,(H,13,14). The van der Waals surface area contributed by atoms with Gasteiger partial charge in [0.2, 0.25) is 0 Å². The Hall–Kier alpha value is -0.960. The summed E-state index contributed by atoms with van der Waals surface area (Å²) in [5.41, 5.74) is 1.26. The van der Waals surface area contributed by atoms with Crippen LogP contribution in [-0.2, 0) is 0 Å². The Morgan fingerprint density at radius 3 is 2.87 bits per heavy atom. The zero-order valence-corrected chi connectivity index (χ0v) is 9.51. The van der Waals surface area contributed by atoms with Crippen LogP contribution in [0, 0.1) is 12.8 Å². The Bertz CT molecular complexity index is 383. The molecule has 1 aromatic carbocycles. The first-order chi connectivity index (χ1) is 7.16. The van der Waals surface area contributed by atoms with Gasteiger partial charge in [-0.2, -0.15) is 0 Å². The summed E-state index contributed by atoms with van der Waals surface area (Å²) >= 11 is 1.77. The van der Waals surface area contributed by atoms with Crippen molar-refractivity contribution in [1.29, 1.82) is 0 Å². The van der Waals surface area contributed by atoms with Gasteiger partial charge in [0.05, 0.1) is 5.56 Å². The normalized spacial score (nSPS) is 15.3. The van der Waals surface area contributed by atoms with Gasteiger partial charge in [0.1, 0.15) is 0 Å². The summed E-state index contributed by atoms with van der Waals surface area (Å²) in [6, 6.07) is 5.68. The molecule has 1 aliphatic carbocycles. The van der Waals surface area contributed by atoms with Crippen LogP contribution in [0.3, 0.4) is 0 Å². The third kappa shape index (κ3) is 2.75. The van der Waals surface area contributed by atoms with Crippen molar-refractivity contribution in [2.75, 3.05) is 5.75 Å². The highest BCUT2D eigenvalue weighted by atomic mass is 32.2. The maximum atomic E-state index is 10.9. The van der Waals surface area contributed by atoms with E-state index in [1.165, 1.54) is 12.8 Å². The van der Waals surface area contributed by atoms with Crippen LogP contribution >= 0.6 is 11.8 Å². The summed E-state index contributed by atoms with van der Waals surface area (Å²) < 4.78 is 0. The Morgan fingerprint density at radius 1 is 1.53 bits per heavy atom. The van der Waals surface area contributed by atoms with Crippen molar-refractivity contribution in [3.63, 3.8) is 0 Å². The van der Waals surface area contributed by atoms with Crippen LogP contribution in [0.5, 0.6) is 0 Å². The van der Waals surface area contributed by atoms with Gasteiger partial charge in [-0.25, -0.2) is 4.79 Å². The number of aromatic carboxylic acids is 1. The molecule has 0 aromatic heterocycles. The van der Waals surface area contributed by atoms with Gasteiger partial charge < -0.3 is 5.11 Å². The highest BCUT2D eigenvalue weighted by molar-refractivity contribution is 7.99. The van der Waals surface area contributed by atoms with Crippen molar-refractivity contribution in [2.45, 2.75) is 24.7 Å². The molecule has 0 bridgehead atoms. The van der Waals surface area contributed by atoms with Crippen molar-refractivity contribution in [2.24, 2.45) is 5.92 Å². The van der Waals surface area contributed by atoms with E-state index in [0.29, 0.717) is 5.56 Å². The molecule has 2 rings (SSSR count). The summed E-state index contributed by atoms with van der Waals surface area (Å²) in [5, 5.41) is 8.97. The lowest BCUT2D eigenvalue weighted by Gasteiger charge is -2.04. The van der Waals surface area contributed by atoms with Crippen LogP contribution in [0.4, 0.5) is 0 Å². The number of hydrogen-bond acceptors (Lipinski definition) is 2. The van der Waals surface area contributed by atoms with E-state index >= 15 is 0 Å². The molecule has 1 aliphatic rings. The van der Waals surface area contributed by atoms with Gasteiger partial charge in [0.15, 0.2) is 0 Å². The summed E-state index contributed by atoms with van der Waals surface area (Å²) in [5.74, 6) is 1.16. The molecule has 0 unspecified atom stereocenters. The number of hydrogen-bond donors (Lipinski definition) is 1. The fraction of sp³-hybridized carbons (Fsp3) is 0.417. The van der Waals surface area contributed by atoms with E-state index in [0.717, 1.165) is 22.1 Å². The first-order valence-corrected chi connectivity index (χ1v) is 6.12. The van der Waals surface area contributed by atoms with Crippen LogP contribution in [0.2, 0.25) is 0 Å². The fourth-order valence-electron chi connectivity index (χ4n) is 1.42. The summed E-state index contributed by atoms with van der Waals surface area (Å²) in [4.78, 5) is 12.0. The number of carboxylic acids is 1. The Morgan fingerprint density at radius 2 is 2.27 bits per heavy atom. The average Bonchev–Trinajstić information content (AvgIpc) is 3.00. The summed E-state index contributed by atoms with van der Waals surface area (Å²) in [7, 11) is 0. The largest absolute Gasteiger partial charge is 0.478 e. The summed E-state index contributed by atoms with van der Waals surface area (Å²) in [6.45, 7) is 1.83. The van der Waals surface area contributed by atoms with E-state index in [-0.39, 0.29) is 0 Å². The van der Waals surface area contributed by atoms with Gasteiger partial charge in [0.25, 0.3) is 0 Å². The van der Waals surface area contributed by atoms with Crippen LogP contribution in [-0.4, -0.2) is 16.8 Å². The molecule has 1 fully saturated rings. The molecule has 1 aromatic rings. The molecular formula is C12H14O2S. The molecule has 15 heavy (non-hydrogen) atoms. The highest BCUT2D eigenvalue weighted by Crippen LogP contribution is 2.35. The number of thioether (sulfide) groups is 1. The number of rotatable bonds is 4. The van der Waals surface area contributed by atoms with Gasteiger partial charge in [-0.1, -0.05) is 6.07 Å². The number of carbonyl (C=O) groups is 1. The second kappa shape index (κ2) is 4.27. The average molecular weight is 222 g/mol. The van der Waals surface area contributed by atoms with E-state index in [1.807, 2.05) is 19.1 Å². The lowest BCUT2D eigenvalue weighted by atomic mass is 10.1. The minimum Gasteiger partial charge on any atom is -0.478 e. The van der Waals surface area contributed by atoms with E-state index in [4.69, 9.17) is 5.11 Å². The maximum Gasteiger partial charge on any atom is 0.335 e. The molecule has 0 heterocycles. The molecular weight excluding hydrogens is 208 g/mol. The molecule has 80 valence electrons. The molecule has 0 radical (unpaired) electrons. The first kappa shape index (κ1) is 10.6. The van der Waals surface area contributed by atoms with Crippen molar-refractivity contribution >= 4 is 17.7 Å². The Labute approximate surface area is 93.7 Å². The highest BCUT2D eigenvalue weighted by Gasteiger charge is 2.21. The molecule has 0 atom stereocenters. The van der Waals surface area contributed by atoms with Crippen LogP contribution < -0.4 is 0 Å². The van der Waals surface area contributed by atoms with E-state index in [2.05, 4.69) is 0 Å². The van der Waals surface area contributed by atoms with Gasteiger partial charge in [-0.3, -0.25) is 0 Å². The number of carboxylic acid groups (broad SMARTS) is 1. The molecule has 1 N–H and O–H groups in total. The van der Waals surface area contributed by atoms with Crippen LogP contribution in [0.1, 0.15) is 28.8 Å². The monoisotopic (exact) mass is 222 g/mol. The minimum atomic E-state index is -0.832. The van der Waals surface area contributed by atoms with Crippen molar-refractivity contribution in [3.8, 4) is 0 Å². The molecule has 3 heteroatoms. The Kier molecular flexibility index (Phi) is 3.00. The minimum absolute atomic E-state index is 0.427. The first-order valence-electron chi connectivity index (χ1n) is 5.13. The molecule has 0 saturated heterocycles. The fourth-order valence-corrected chi connectivity index (χ4v) is 2.55. The quantitative estimate of drug-likeness (QED) is 0.795. The third-order valence-electron chi connectivity index (χ3n) is 2.62. The molecule has 0 spiro atoms. The second-order valence-electron chi connectivity index (χ2n) is 4.04. The smallest absolute Gasteiger partial charge is 0.335 e. The number of benzene rings is 1. The van der Waals surface area contributed by atoms with Crippen LogP contribution in [0.25, 0.3) is 0 Å². The molecule has 0 amide bonds. The second-order valence-corrected chi connectivity index (χ2v) is 5.13. The van der Waals surface area contributed by atoms with Gasteiger partial charge in [-0.05, 0) is 43.4 Å². The Balaban J connectivity index is 2.10. The van der Waals surface area contributed by atoms with Crippen molar-refractivity contribution in [1.82, 2.24) is 0 Å². The van der Waals surface area contributed by atoms with E-state index in [9.17, 15) is 4.79 Å². The van der Waals surface area contributed by atoms with Gasteiger partial charge >= 0.3 is 5.97 Å². The van der Waals surface area contributed by atoms with E-state index in [1.54, 1.807) is 17.8 Å². The topological polar surface area (TPSA) is 37.3 Å². The predicted molar refractivity (Wildman–Crippen MR) is 61.6 cm³/mol. The zero-order valence-electron chi connectivity index (χ0n) is 8.69. The molecule has 0 aliphatic heterocycles. The van der Waals surface area contributed by atoms with E-state index < -0.39 is 5.97 Å². The van der Waals surface area contributed by atoms with Gasteiger partial charge in [0, 0.05) is 10.6 Å². The summed E-state index contributed by atoms with van der Waals surface area (Å²) in [6.07, 6.45) is 2.68. The molecule has 1 saturated carbocycles. The van der Waals surface area contributed by atoms with Crippen molar-refractivity contribution < 1.29 is 9.90 Å². The van der Waals surface area contributed by atoms with Gasteiger partial charge in [-0.15, -0.1) is 11.8 Å². The maximum absolute atomic E-state index is 10.9. The predicted octanol–water partition coefficient (Wildman–Crippen LogP) is 3.20. The SMILES string of the molecule is Cc1ccc(SCC2CC2)cc1C(=O)O. The third-order valence-corrected chi connectivity index (χ3v) is 3.85. The zero-order chi connectivity index (χ0) is 10.8. The lowest BCUT2D eigenvalue weighted by molar-refractivity contribution is 0.0696. The molecule has 2 nitrogen and oxygen atoms in total. The van der Waals surface area contributed by atoms with Crippen LogP contribution in [0.15, 0.2) is 23.1 Å². The lowest BCUT2D eigenvalue weighted by Crippen LogP contribution is -1.99. The number of aryl methyl sites for hydroxylation is 1. The van der Waals surface area contributed by atoms with Crippen molar-refractivity contribution in [3.05, 3.63) is 29.3 Å².